The van der Waals surface area contributed by atoms with E-state index < -0.39 is 10.0 Å². The Morgan fingerprint density at radius 3 is 2.71 bits per heavy atom. The summed E-state index contributed by atoms with van der Waals surface area (Å²) in [6, 6.07) is 9.72. The van der Waals surface area contributed by atoms with E-state index in [4.69, 9.17) is 27.6 Å². The average molecular weight is 439 g/mol. The second kappa shape index (κ2) is 7.79. The molecule has 0 radical (unpaired) electrons. The number of piperidine rings is 1. The summed E-state index contributed by atoms with van der Waals surface area (Å²) < 4.78 is 33.2. The Morgan fingerprint density at radius 2 is 1.96 bits per heavy atom. The van der Waals surface area contributed by atoms with E-state index in [-0.39, 0.29) is 22.4 Å². The van der Waals surface area contributed by atoms with Crippen molar-refractivity contribution in [1.29, 1.82) is 0 Å². The van der Waals surface area contributed by atoms with Crippen molar-refractivity contribution in [2.24, 2.45) is 0 Å². The van der Waals surface area contributed by atoms with Gasteiger partial charge in [0.1, 0.15) is 5.69 Å². The van der Waals surface area contributed by atoms with Gasteiger partial charge in [0, 0.05) is 19.3 Å². The van der Waals surface area contributed by atoms with Crippen LogP contribution in [0.3, 0.4) is 0 Å². The number of hydrogen-bond acceptors (Lipinski definition) is 6. The van der Waals surface area contributed by atoms with Crippen LogP contribution in [0.5, 0.6) is 0 Å². The summed E-state index contributed by atoms with van der Waals surface area (Å²) in [7, 11) is -3.70. The molecule has 146 valence electrons. The fourth-order valence-electron chi connectivity index (χ4n) is 3.14. The summed E-state index contributed by atoms with van der Waals surface area (Å²) in [5.74, 6) is 0.547. The third-order valence-electron chi connectivity index (χ3n) is 4.59. The number of sulfonamides is 1. The molecule has 4 rings (SSSR count). The molecule has 2 aromatic heterocycles. The molecule has 0 amide bonds. The summed E-state index contributed by atoms with van der Waals surface area (Å²) in [5.41, 5.74) is 0.581. The second-order valence-electron chi connectivity index (χ2n) is 6.44. The maximum atomic E-state index is 13.0. The monoisotopic (exact) mass is 438 g/mol. The summed E-state index contributed by atoms with van der Waals surface area (Å²) in [4.78, 5) is 4.30. The predicted octanol–water partition coefficient (Wildman–Crippen LogP) is 4.01. The van der Waals surface area contributed by atoms with Gasteiger partial charge in [-0.15, -0.1) is 10.2 Å². The Balaban J connectivity index is 1.56. The van der Waals surface area contributed by atoms with Crippen LogP contribution in [-0.4, -0.2) is 41.0 Å². The summed E-state index contributed by atoms with van der Waals surface area (Å²) in [6.45, 7) is 0.673. The standard InChI is InChI=1S/C18H16Cl2N4O3S/c19-14-7-6-13(10-15(14)20)28(25,26)24-9-3-4-12(11-24)17-22-23-18(27-17)16-5-1-2-8-21-16/h1-2,5-8,10,12H,3-4,9,11H2/t12-/m0/s1. The Labute approximate surface area is 172 Å². The number of halogens is 2. The van der Waals surface area contributed by atoms with Crippen LogP contribution in [0, 0.1) is 0 Å². The molecule has 0 N–H and O–H groups in total. The largest absolute Gasteiger partial charge is 0.419 e. The number of benzene rings is 1. The molecule has 0 spiro atoms. The molecular formula is C18H16Cl2N4O3S. The minimum Gasteiger partial charge on any atom is -0.419 e. The summed E-state index contributed by atoms with van der Waals surface area (Å²) in [6.07, 6.45) is 3.09. The first kappa shape index (κ1) is 19.3. The zero-order chi connectivity index (χ0) is 19.7. The smallest absolute Gasteiger partial charge is 0.266 e. The van der Waals surface area contributed by atoms with E-state index in [0.717, 1.165) is 6.42 Å². The van der Waals surface area contributed by atoms with Crippen molar-refractivity contribution < 1.29 is 12.8 Å². The van der Waals surface area contributed by atoms with Crippen molar-refractivity contribution in [3.05, 3.63) is 58.5 Å². The zero-order valence-corrected chi connectivity index (χ0v) is 17.0. The van der Waals surface area contributed by atoms with E-state index in [1.807, 2.05) is 6.07 Å². The minimum atomic E-state index is -3.70. The lowest BCUT2D eigenvalue weighted by molar-refractivity contribution is 0.286. The quantitative estimate of drug-likeness (QED) is 0.611. The molecule has 7 nitrogen and oxygen atoms in total. The van der Waals surface area contributed by atoms with Gasteiger partial charge < -0.3 is 4.42 Å². The van der Waals surface area contributed by atoms with Crippen LogP contribution in [0.15, 0.2) is 51.9 Å². The second-order valence-corrected chi connectivity index (χ2v) is 9.19. The van der Waals surface area contributed by atoms with Crippen molar-refractivity contribution >= 4 is 33.2 Å². The highest BCUT2D eigenvalue weighted by Gasteiger charge is 2.33. The summed E-state index contributed by atoms with van der Waals surface area (Å²) >= 11 is 11.9. The first-order valence-electron chi connectivity index (χ1n) is 8.65. The lowest BCUT2D eigenvalue weighted by Gasteiger charge is -2.30. The van der Waals surface area contributed by atoms with Crippen molar-refractivity contribution in [3.8, 4) is 11.6 Å². The van der Waals surface area contributed by atoms with Gasteiger partial charge in [0.25, 0.3) is 5.89 Å². The normalized spacial score (nSPS) is 18.3. The van der Waals surface area contributed by atoms with E-state index >= 15 is 0 Å². The lowest BCUT2D eigenvalue weighted by Crippen LogP contribution is -2.39. The van der Waals surface area contributed by atoms with Crippen LogP contribution in [0.4, 0.5) is 0 Å². The van der Waals surface area contributed by atoms with Gasteiger partial charge in [-0.3, -0.25) is 4.98 Å². The molecule has 0 saturated carbocycles. The molecule has 1 aliphatic heterocycles. The van der Waals surface area contributed by atoms with Crippen LogP contribution >= 0.6 is 23.2 Å². The highest BCUT2D eigenvalue weighted by atomic mass is 35.5. The fourth-order valence-corrected chi connectivity index (χ4v) is 5.05. The Bertz CT molecular complexity index is 1090. The number of nitrogens with zero attached hydrogens (tertiary/aromatic N) is 4. The molecule has 1 aromatic carbocycles. The molecular weight excluding hydrogens is 423 g/mol. The number of pyridine rings is 1. The molecule has 1 atom stereocenters. The van der Waals surface area contributed by atoms with Crippen LogP contribution in [0.25, 0.3) is 11.6 Å². The minimum absolute atomic E-state index is 0.113. The molecule has 1 aliphatic rings. The Kier molecular flexibility index (Phi) is 5.37. The number of hydrogen-bond donors (Lipinski definition) is 0. The third-order valence-corrected chi connectivity index (χ3v) is 7.19. The summed E-state index contributed by atoms with van der Waals surface area (Å²) in [5, 5.41) is 8.68. The SMILES string of the molecule is O=S(=O)(c1ccc(Cl)c(Cl)c1)N1CCC[C@H](c2nnc(-c3ccccn3)o2)C1. The molecule has 3 heterocycles. The van der Waals surface area contributed by atoms with Gasteiger partial charge in [0.05, 0.1) is 20.9 Å². The van der Waals surface area contributed by atoms with Crippen LogP contribution in [0.1, 0.15) is 24.7 Å². The Morgan fingerprint density at radius 1 is 1.11 bits per heavy atom. The zero-order valence-electron chi connectivity index (χ0n) is 14.6. The molecule has 0 aliphatic carbocycles. The van der Waals surface area contributed by atoms with Gasteiger partial charge in [-0.2, -0.15) is 4.31 Å². The average Bonchev–Trinajstić information content (AvgIpc) is 3.21. The van der Waals surface area contributed by atoms with Crippen LogP contribution in [-0.2, 0) is 10.0 Å². The maximum absolute atomic E-state index is 13.0. The van der Waals surface area contributed by atoms with Gasteiger partial charge in [-0.25, -0.2) is 8.42 Å². The van der Waals surface area contributed by atoms with Crippen LogP contribution in [0.2, 0.25) is 10.0 Å². The van der Waals surface area contributed by atoms with Crippen molar-refractivity contribution in [2.75, 3.05) is 13.1 Å². The van der Waals surface area contributed by atoms with Crippen molar-refractivity contribution in [3.63, 3.8) is 0 Å². The van der Waals surface area contributed by atoms with E-state index in [0.29, 0.717) is 35.5 Å². The van der Waals surface area contributed by atoms with E-state index in [1.54, 1.807) is 18.3 Å². The lowest BCUT2D eigenvalue weighted by atomic mass is 10.00. The van der Waals surface area contributed by atoms with Gasteiger partial charge in [-0.05, 0) is 43.2 Å². The van der Waals surface area contributed by atoms with E-state index in [9.17, 15) is 8.42 Å². The van der Waals surface area contributed by atoms with Gasteiger partial charge in [-0.1, -0.05) is 29.3 Å². The molecule has 3 aromatic rings. The topological polar surface area (TPSA) is 89.2 Å². The molecule has 10 heteroatoms. The highest BCUT2D eigenvalue weighted by Crippen LogP contribution is 2.32. The molecule has 1 saturated heterocycles. The number of rotatable bonds is 4. The molecule has 0 bridgehead atoms. The van der Waals surface area contributed by atoms with Crippen molar-refractivity contribution in [1.82, 2.24) is 19.5 Å². The first-order valence-corrected chi connectivity index (χ1v) is 10.8. The van der Waals surface area contributed by atoms with E-state index in [2.05, 4.69) is 15.2 Å². The Hall–Kier alpha value is -2.00. The fraction of sp³-hybridized carbons (Fsp3) is 0.278. The third kappa shape index (κ3) is 3.77. The van der Waals surface area contributed by atoms with E-state index in [1.165, 1.54) is 22.5 Å². The highest BCUT2D eigenvalue weighted by molar-refractivity contribution is 7.89. The van der Waals surface area contributed by atoms with Crippen LogP contribution < -0.4 is 0 Å². The van der Waals surface area contributed by atoms with Gasteiger partial charge >= 0.3 is 0 Å². The van der Waals surface area contributed by atoms with Crippen molar-refractivity contribution in [2.45, 2.75) is 23.7 Å². The van der Waals surface area contributed by atoms with Gasteiger partial charge in [0.2, 0.25) is 15.9 Å². The van der Waals surface area contributed by atoms with Gasteiger partial charge in [0.15, 0.2) is 0 Å². The predicted molar refractivity (Wildman–Crippen MR) is 105 cm³/mol. The molecule has 0 unspecified atom stereocenters. The number of aromatic nitrogens is 3. The first-order chi connectivity index (χ1) is 13.4. The molecule has 28 heavy (non-hydrogen) atoms. The maximum Gasteiger partial charge on any atom is 0.266 e. The molecule has 1 fully saturated rings.